The summed E-state index contributed by atoms with van der Waals surface area (Å²) in [6.07, 6.45) is 0.551. The maximum absolute atomic E-state index is 10.1. The van der Waals surface area contributed by atoms with Gasteiger partial charge in [-0.2, -0.15) is 0 Å². The first kappa shape index (κ1) is 18.2. The van der Waals surface area contributed by atoms with Gasteiger partial charge in [-0.1, -0.05) is 27.7 Å². The molecule has 6 heteroatoms. The van der Waals surface area contributed by atoms with Crippen LogP contribution in [-0.2, 0) is 9.59 Å². The van der Waals surface area contributed by atoms with Gasteiger partial charge in [0.25, 0.3) is 0 Å². The first-order valence-electron chi connectivity index (χ1n) is 5.56. The van der Waals surface area contributed by atoms with Crippen molar-refractivity contribution in [1.29, 1.82) is 0 Å². The predicted molar refractivity (Wildman–Crippen MR) is 65.5 cm³/mol. The van der Waals surface area contributed by atoms with Crippen LogP contribution in [0.25, 0.3) is 0 Å². The molecule has 0 aliphatic carbocycles. The highest BCUT2D eigenvalue weighted by atomic mass is 16.4. The first-order chi connectivity index (χ1) is 7.59. The van der Waals surface area contributed by atoms with Crippen LogP contribution in [0.5, 0.6) is 0 Å². The van der Waals surface area contributed by atoms with Crippen molar-refractivity contribution in [2.24, 2.45) is 23.3 Å². The second kappa shape index (κ2) is 8.95. The number of hydrogen-bond donors (Lipinski definition) is 4. The molecule has 0 saturated heterocycles. The highest BCUT2D eigenvalue weighted by molar-refractivity contribution is 5.73. The molecule has 0 aliphatic heterocycles. The molecule has 0 amide bonds. The molecular formula is C11H24N2O4. The molecule has 0 fully saturated rings. The second-order valence-electron chi connectivity index (χ2n) is 4.68. The lowest BCUT2D eigenvalue weighted by Crippen LogP contribution is -2.34. The number of rotatable bonds is 5. The molecule has 2 atom stereocenters. The number of aliphatic carboxylic acids is 2. The molecule has 0 aromatic heterocycles. The van der Waals surface area contributed by atoms with E-state index >= 15 is 0 Å². The van der Waals surface area contributed by atoms with Crippen LogP contribution in [0.1, 0.15) is 34.1 Å². The Morgan fingerprint density at radius 2 is 1.41 bits per heavy atom. The summed E-state index contributed by atoms with van der Waals surface area (Å²) in [5.74, 6) is -1.47. The molecule has 0 aliphatic rings. The van der Waals surface area contributed by atoms with Crippen LogP contribution < -0.4 is 11.5 Å². The van der Waals surface area contributed by atoms with Gasteiger partial charge in [-0.25, -0.2) is 0 Å². The summed E-state index contributed by atoms with van der Waals surface area (Å²) in [5.41, 5.74) is 10.4. The van der Waals surface area contributed by atoms with E-state index in [0.29, 0.717) is 12.3 Å². The van der Waals surface area contributed by atoms with E-state index in [1.165, 1.54) is 0 Å². The zero-order chi connectivity index (χ0) is 14.2. The van der Waals surface area contributed by atoms with Gasteiger partial charge in [-0.3, -0.25) is 9.59 Å². The summed E-state index contributed by atoms with van der Waals surface area (Å²) in [6.45, 7) is 7.45. The molecule has 0 aromatic carbocycles. The maximum atomic E-state index is 10.1. The number of carbonyl (C=O) groups is 2. The van der Waals surface area contributed by atoms with Crippen LogP contribution in [0.15, 0.2) is 0 Å². The predicted octanol–water partition coefficient (Wildman–Crippen LogP) is 0.499. The van der Waals surface area contributed by atoms with E-state index in [0.717, 1.165) is 0 Å². The Kier molecular flexibility index (Phi) is 9.60. The topological polar surface area (TPSA) is 127 Å². The Hall–Kier alpha value is -1.14. The Morgan fingerprint density at radius 3 is 1.47 bits per heavy atom. The van der Waals surface area contributed by atoms with E-state index in [2.05, 4.69) is 0 Å². The van der Waals surface area contributed by atoms with Crippen LogP contribution in [0.4, 0.5) is 0 Å². The lowest BCUT2D eigenvalue weighted by Gasteiger charge is -2.07. The minimum atomic E-state index is -0.931. The minimum absolute atomic E-state index is 0.0208. The van der Waals surface area contributed by atoms with Gasteiger partial charge in [0.15, 0.2) is 0 Å². The van der Waals surface area contributed by atoms with Crippen molar-refractivity contribution in [2.45, 2.75) is 46.2 Å². The molecule has 0 heterocycles. The number of hydrogen-bond acceptors (Lipinski definition) is 4. The molecule has 102 valence electrons. The highest BCUT2D eigenvalue weighted by Crippen LogP contribution is 2.01. The monoisotopic (exact) mass is 248 g/mol. The average Bonchev–Trinajstić information content (AvgIpc) is 2.15. The van der Waals surface area contributed by atoms with Gasteiger partial charge in [-0.05, 0) is 18.3 Å². The first-order valence-corrected chi connectivity index (χ1v) is 5.56. The zero-order valence-corrected chi connectivity index (χ0v) is 10.9. The standard InChI is InChI=1S/C6H13NO2.C5H11NO2/c1-4(2)3-5(7)6(8)9;1-3(2)4(6)5(7)8/h4-5H,3,7H2,1-2H3,(H,8,9);3-4H,6H2,1-2H3,(H,7,8)/t5-;4-/m11/s1. The van der Waals surface area contributed by atoms with Crippen LogP contribution in [0, 0.1) is 11.8 Å². The molecule has 6 N–H and O–H groups in total. The van der Waals surface area contributed by atoms with Crippen molar-refractivity contribution in [1.82, 2.24) is 0 Å². The quantitative estimate of drug-likeness (QED) is 0.561. The molecule has 0 saturated carbocycles. The van der Waals surface area contributed by atoms with Crippen molar-refractivity contribution >= 4 is 11.9 Å². The van der Waals surface area contributed by atoms with Crippen molar-refractivity contribution in [2.75, 3.05) is 0 Å². The van der Waals surface area contributed by atoms with E-state index in [-0.39, 0.29) is 5.92 Å². The fourth-order valence-electron chi connectivity index (χ4n) is 0.894. The van der Waals surface area contributed by atoms with Crippen molar-refractivity contribution < 1.29 is 19.8 Å². The van der Waals surface area contributed by atoms with Crippen LogP contribution >= 0.6 is 0 Å². The lowest BCUT2D eigenvalue weighted by molar-refractivity contribution is -0.140. The minimum Gasteiger partial charge on any atom is -0.480 e. The molecule has 0 rings (SSSR count). The summed E-state index contributed by atoms with van der Waals surface area (Å²) in [6, 6.07) is -1.40. The number of nitrogens with two attached hydrogens (primary N) is 2. The zero-order valence-electron chi connectivity index (χ0n) is 10.9. The van der Waals surface area contributed by atoms with Crippen molar-refractivity contribution in [3.63, 3.8) is 0 Å². The summed E-state index contributed by atoms with van der Waals surface area (Å²) < 4.78 is 0. The average molecular weight is 248 g/mol. The summed E-state index contributed by atoms with van der Waals surface area (Å²) in [4.78, 5) is 20.1. The summed E-state index contributed by atoms with van der Waals surface area (Å²) in [7, 11) is 0. The van der Waals surface area contributed by atoms with Gasteiger partial charge in [0.2, 0.25) is 0 Å². The van der Waals surface area contributed by atoms with Crippen molar-refractivity contribution in [3.05, 3.63) is 0 Å². The highest BCUT2D eigenvalue weighted by Gasteiger charge is 2.14. The SMILES string of the molecule is CC(C)C[C@@H](N)C(=O)O.CC(C)[C@@H](N)C(=O)O. The van der Waals surface area contributed by atoms with Gasteiger partial charge in [0.05, 0.1) is 0 Å². The van der Waals surface area contributed by atoms with Gasteiger partial charge >= 0.3 is 11.9 Å². The fourth-order valence-corrected chi connectivity index (χ4v) is 0.894. The van der Waals surface area contributed by atoms with Crippen molar-refractivity contribution in [3.8, 4) is 0 Å². The third-order valence-electron chi connectivity index (χ3n) is 2.05. The normalized spacial score (nSPS) is 13.9. The van der Waals surface area contributed by atoms with E-state index in [4.69, 9.17) is 21.7 Å². The van der Waals surface area contributed by atoms with Gasteiger partial charge in [0, 0.05) is 0 Å². The van der Waals surface area contributed by atoms with Crippen LogP contribution in [0.2, 0.25) is 0 Å². The molecule has 17 heavy (non-hydrogen) atoms. The fraction of sp³-hybridized carbons (Fsp3) is 0.818. The third-order valence-corrected chi connectivity index (χ3v) is 2.05. The Balaban J connectivity index is 0. The van der Waals surface area contributed by atoms with E-state index < -0.39 is 24.0 Å². The van der Waals surface area contributed by atoms with Gasteiger partial charge in [0.1, 0.15) is 12.1 Å². The third kappa shape index (κ3) is 11.1. The molecule has 0 spiro atoms. The molecule has 0 radical (unpaired) electrons. The molecule has 0 aromatic rings. The van der Waals surface area contributed by atoms with Gasteiger partial charge < -0.3 is 21.7 Å². The largest absolute Gasteiger partial charge is 0.480 e. The lowest BCUT2D eigenvalue weighted by atomic mass is 10.1. The maximum Gasteiger partial charge on any atom is 0.320 e. The Labute approximate surface area is 102 Å². The van der Waals surface area contributed by atoms with Crippen LogP contribution in [0.3, 0.4) is 0 Å². The van der Waals surface area contributed by atoms with E-state index in [9.17, 15) is 9.59 Å². The molecule has 0 unspecified atom stereocenters. The molecule has 0 bridgehead atoms. The Bertz CT molecular complexity index is 242. The molecular weight excluding hydrogens is 224 g/mol. The van der Waals surface area contributed by atoms with Gasteiger partial charge in [-0.15, -0.1) is 0 Å². The summed E-state index contributed by atoms with van der Waals surface area (Å²) >= 11 is 0. The smallest absolute Gasteiger partial charge is 0.320 e. The van der Waals surface area contributed by atoms with Crippen LogP contribution in [-0.4, -0.2) is 34.2 Å². The second-order valence-corrected chi connectivity index (χ2v) is 4.68. The van der Waals surface area contributed by atoms with E-state index in [1.807, 2.05) is 13.8 Å². The van der Waals surface area contributed by atoms with E-state index in [1.54, 1.807) is 13.8 Å². The Morgan fingerprint density at radius 1 is 1.00 bits per heavy atom. The number of carboxylic acids is 2. The summed E-state index contributed by atoms with van der Waals surface area (Å²) in [5, 5.41) is 16.5. The number of carboxylic acid groups (broad SMARTS) is 2. The molecule has 6 nitrogen and oxygen atoms in total.